The maximum Gasteiger partial charge on any atom is 0.411 e. The fourth-order valence-corrected chi connectivity index (χ4v) is 2.75. The summed E-state index contributed by atoms with van der Waals surface area (Å²) in [6, 6.07) is 3.97. The van der Waals surface area contributed by atoms with Crippen LogP contribution in [-0.2, 0) is 0 Å². The van der Waals surface area contributed by atoms with Crippen LogP contribution in [0.4, 0.5) is 22.7 Å². The molecule has 2 nitrogen and oxygen atoms in total. The van der Waals surface area contributed by atoms with Gasteiger partial charge in [-0.25, -0.2) is 9.37 Å². The first-order valence-corrected chi connectivity index (χ1v) is 6.12. The molecule has 0 atom stereocenters. The molecule has 0 amide bonds. The molecule has 0 unspecified atom stereocenters. The number of fused-ring (bicyclic) bond motifs is 1. The second-order valence-corrected chi connectivity index (χ2v) is 5.37. The Bertz CT molecular complexity index is 601. The highest BCUT2D eigenvalue weighted by Gasteiger charge is 2.63. The van der Waals surface area contributed by atoms with Crippen molar-refractivity contribution in [2.75, 3.05) is 5.32 Å². The predicted molar refractivity (Wildman–Crippen MR) is 61.2 cm³/mol. The number of alkyl halides is 3. The molecular weight excluding hydrogens is 268 g/mol. The van der Waals surface area contributed by atoms with Gasteiger partial charge in [0.25, 0.3) is 0 Å². The van der Waals surface area contributed by atoms with E-state index >= 15 is 0 Å². The van der Waals surface area contributed by atoms with E-state index in [9.17, 15) is 17.6 Å². The number of nitrogens with zero attached hydrogens (tertiary/aromatic N) is 1. The van der Waals surface area contributed by atoms with Gasteiger partial charge in [-0.1, -0.05) is 11.3 Å². The standard InChI is InChI=1S/C11H8F4N2S/c12-6-1-2-7-8(5-6)18-9(16-7)17-10(3-4-10)11(13,14)15/h1-2,5H,3-4H2,(H,16,17). The molecule has 1 aliphatic carbocycles. The second-order valence-electron chi connectivity index (χ2n) is 4.34. The van der Waals surface area contributed by atoms with Crippen LogP contribution < -0.4 is 5.32 Å². The third kappa shape index (κ3) is 1.82. The topological polar surface area (TPSA) is 24.9 Å². The van der Waals surface area contributed by atoms with Gasteiger partial charge >= 0.3 is 6.18 Å². The Hall–Kier alpha value is -1.37. The molecule has 0 bridgehead atoms. The SMILES string of the molecule is Fc1ccc2nc(NC3(C(F)(F)F)CC3)sc2c1. The lowest BCUT2D eigenvalue weighted by Crippen LogP contribution is -2.38. The van der Waals surface area contributed by atoms with Crippen molar-refractivity contribution in [2.45, 2.75) is 24.6 Å². The first kappa shape index (κ1) is 11.7. The molecule has 96 valence electrons. The molecule has 1 aromatic carbocycles. The molecule has 1 N–H and O–H groups in total. The Kier molecular flexibility index (Phi) is 2.32. The van der Waals surface area contributed by atoms with Crippen molar-refractivity contribution in [3.63, 3.8) is 0 Å². The monoisotopic (exact) mass is 276 g/mol. The number of hydrogen-bond donors (Lipinski definition) is 1. The molecule has 0 aliphatic heterocycles. The highest BCUT2D eigenvalue weighted by Crippen LogP contribution is 2.51. The molecule has 0 spiro atoms. The van der Waals surface area contributed by atoms with Crippen molar-refractivity contribution in [3.8, 4) is 0 Å². The van der Waals surface area contributed by atoms with Gasteiger partial charge in [0, 0.05) is 0 Å². The molecular formula is C11H8F4N2S. The van der Waals surface area contributed by atoms with Crippen molar-refractivity contribution in [1.29, 1.82) is 0 Å². The van der Waals surface area contributed by atoms with Crippen LogP contribution in [-0.4, -0.2) is 16.7 Å². The Balaban J connectivity index is 1.92. The van der Waals surface area contributed by atoms with E-state index in [2.05, 4.69) is 10.3 Å². The molecule has 1 aliphatic rings. The number of anilines is 1. The molecule has 3 rings (SSSR count). The van der Waals surface area contributed by atoms with E-state index in [1.807, 2.05) is 0 Å². The molecule has 7 heteroatoms. The zero-order valence-corrected chi connectivity index (χ0v) is 9.83. The minimum Gasteiger partial charge on any atom is -0.347 e. The summed E-state index contributed by atoms with van der Waals surface area (Å²) >= 11 is 1.03. The van der Waals surface area contributed by atoms with Gasteiger partial charge in [-0.15, -0.1) is 0 Å². The number of nitrogens with one attached hydrogen (secondary N) is 1. The van der Waals surface area contributed by atoms with E-state index in [4.69, 9.17) is 0 Å². The van der Waals surface area contributed by atoms with Crippen molar-refractivity contribution < 1.29 is 17.6 Å². The third-order valence-corrected chi connectivity index (χ3v) is 3.92. The molecule has 1 fully saturated rings. The maximum absolute atomic E-state index is 13.0. The van der Waals surface area contributed by atoms with Gasteiger partial charge in [-0.2, -0.15) is 13.2 Å². The summed E-state index contributed by atoms with van der Waals surface area (Å²) in [5.74, 6) is -0.422. The van der Waals surface area contributed by atoms with E-state index in [1.165, 1.54) is 18.2 Å². The Morgan fingerprint density at radius 2 is 2.00 bits per heavy atom. The maximum atomic E-state index is 13.0. The molecule has 1 heterocycles. The summed E-state index contributed by atoms with van der Waals surface area (Å²) in [4.78, 5) is 4.03. The average Bonchev–Trinajstić information content (AvgIpc) is 2.92. The van der Waals surface area contributed by atoms with Crippen LogP contribution in [0.2, 0.25) is 0 Å². The van der Waals surface area contributed by atoms with Crippen molar-refractivity contribution >= 4 is 26.7 Å². The van der Waals surface area contributed by atoms with Crippen molar-refractivity contribution in [2.24, 2.45) is 0 Å². The highest BCUT2D eigenvalue weighted by atomic mass is 32.1. The highest BCUT2D eigenvalue weighted by molar-refractivity contribution is 7.22. The average molecular weight is 276 g/mol. The number of aromatic nitrogens is 1. The Morgan fingerprint density at radius 3 is 2.61 bits per heavy atom. The lowest BCUT2D eigenvalue weighted by atomic mass is 10.3. The second kappa shape index (κ2) is 3.57. The predicted octanol–water partition coefficient (Wildman–Crippen LogP) is 3.94. The molecule has 0 saturated heterocycles. The van der Waals surface area contributed by atoms with Crippen LogP contribution in [0.15, 0.2) is 18.2 Å². The van der Waals surface area contributed by atoms with E-state index < -0.39 is 17.5 Å². The smallest absolute Gasteiger partial charge is 0.347 e. The number of halogens is 4. The summed E-state index contributed by atoms with van der Waals surface area (Å²) < 4.78 is 51.8. The van der Waals surface area contributed by atoms with E-state index in [-0.39, 0.29) is 18.0 Å². The van der Waals surface area contributed by atoms with Crippen LogP contribution in [0.3, 0.4) is 0 Å². The van der Waals surface area contributed by atoms with Gasteiger partial charge < -0.3 is 5.32 Å². The summed E-state index contributed by atoms with van der Waals surface area (Å²) in [6.45, 7) is 0. The van der Waals surface area contributed by atoms with Gasteiger partial charge in [-0.3, -0.25) is 0 Å². The third-order valence-electron chi connectivity index (χ3n) is 2.99. The summed E-state index contributed by atoms with van der Waals surface area (Å²) in [5.41, 5.74) is -1.33. The largest absolute Gasteiger partial charge is 0.411 e. The van der Waals surface area contributed by atoms with Crippen LogP contribution in [0.1, 0.15) is 12.8 Å². The zero-order valence-electron chi connectivity index (χ0n) is 9.01. The van der Waals surface area contributed by atoms with Crippen molar-refractivity contribution in [3.05, 3.63) is 24.0 Å². The molecule has 1 saturated carbocycles. The molecule has 2 aromatic rings. The molecule has 18 heavy (non-hydrogen) atoms. The Morgan fingerprint density at radius 1 is 1.28 bits per heavy atom. The Labute approximate surface area is 104 Å². The lowest BCUT2D eigenvalue weighted by molar-refractivity contribution is -0.151. The van der Waals surface area contributed by atoms with E-state index in [0.29, 0.717) is 10.2 Å². The summed E-state index contributed by atoms with van der Waals surface area (Å²) in [7, 11) is 0. The quantitative estimate of drug-likeness (QED) is 0.840. The molecule has 0 radical (unpaired) electrons. The summed E-state index contributed by atoms with van der Waals surface area (Å²) in [6.07, 6.45) is -4.17. The number of thiazole rings is 1. The van der Waals surface area contributed by atoms with Gasteiger partial charge in [0.1, 0.15) is 11.4 Å². The van der Waals surface area contributed by atoms with Gasteiger partial charge in [0.15, 0.2) is 5.13 Å². The number of rotatable bonds is 2. The fourth-order valence-electron chi connectivity index (χ4n) is 1.76. The van der Waals surface area contributed by atoms with Gasteiger partial charge in [0.05, 0.1) is 10.2 Å². The van der Waals surface area contributed by atoms with E-state index in [0.717, 1.165) is 11.3 Å². The van der Waals surface area contributed by atoms with E-state index in [1.54, 1.807) is 0 Å². The van der Waals surface area contributed by atoms with Gasteiger partial charge in [0.2, 0.25) is 0 Å². The first-order chi connectivity index (χ1) is 8.40. The van der Waals surface area contributed by atoms with Crippen molar-refractivity contribution in [1.82, 2.24) is 4.98 Å². The van der Waals surface area contributed by atoms with Crippen LogP contribution >= 0.6 is 11.3 Å². The lowest BCUT2D eigenvalue weighted by Gasteiger charge is -2.19. The first-order valence-electron chi connectivity index (χ1n) is 5.31. The van der Waals surface area contributed by atoms with Crippen LogP contribution in [0.5, 0.6) is 0 Å². The van der Waals surface area contributed by atoms with Crippen LogP contribution in [0.25, 0.3) is 10.2 Å². The van der Waals surface area contributed by atoms with Crippen LogP contribution in [0, 0.1) is 5.82 Å². The number of benzene rings is 1. The number of hydrogen-bond acceptors (Lipinski definition) is 3. The fraction of sp³-hybridized carbons (Fsp3) is 0.364. The van der Waals surface area contributed by atoms with Gasteiger partial charge in [-0.05, 0) is 31.0 Å². The molecule has 1 aromatic heterocycles. The summed E-state index contributed by atoms with van der Waals surface area (Å²) in [5, 5.41) is 2.62. The normalized spacial score (nSPS) is 18.0. The minimum atomic E-state index is -4.28. The minimum absolute atomic E-state index is 0.0563. The zero-order chi connectivity index (χ0) is 13.0.